The molecule has 0 unspecified atom stereocenters. The van der Waals surface area contributed by atoms with Crippen molar-refractivity contribution in [1.29, 1.82) is 0 Å². The maximum absolute atomic E-state index is 10.7. The van der Waals surface area contributed by atoms with Crippen LogP contribution in [0.2, 0.25) is 8.94 Å². The fourth-order valence-corrected chi connectivity index (χ4v) is 8.47. The van der Waals surface area contributed by atoms with Crippen LogP contribution >= 0.6 is 0 Å². The normalized spacial score (nSPS) is 27.5. The van der Waals surface area contributed by atoms with E-state index in [1.165, 1.54) is 0 Å². The summed E-state index contributed by atoms with van der Waals surface area (Å²) in [5.41, 5.74) is 0. The van der Waals surface area contributed by atoms with Crippen molar-refractivity contribution in [2.24, 2.45) is 0 Å². The van der Waals surface area contributed by atoms with Gasteiger partial charge in [0.2, 0.25) is 0 Å². The Morgan fingerprint density at radius 2 is 1.62 bits per heavy atom. The summed E-state index contributed by atoms with van der Waals surface area (Å²) in [4.78, 5) is 0. The molecule has 1 aliphatic heterocycles. The first-order valence-corrected chi connectivity index (χ1v) is 7.61. The number of hydrogen-bond acceptors (Lipinski definition) is 2. The Morgan fingerprint density at radius 1 is 1.12 bits per heavy atom. The van der Waals surface area contributed by atoms with E-state index in [2.05, 4.69) is 0 Å². The minimum atomic E-state index is -2.55. The van der Waals surface area contributed by atoms with Crippen molar-refractivity contribution < 1.29 is 8.42 Å². The minimum absolute atomic E-state index is 0.127. The van der Waals surface area contributed by atoms with E-state index in [9.17, 15) is 8.42 Å². The summed E-state index contributed by atoms with van der Waals surface area (Å²) in [6.45, 7) is 0. The fraction of sp³-hybridized carbons (Fsp3) is 1.00. The predicted molar refractivity (Wildman–Crippen MR) is 34.0 cm³/mol. The van der Waals surface area contributed by atoms with Crippen molar-refractivity contribution >= 4 is 30.8 Å². The standard InChI is InChI=1S/C4H8O2STe/c5-7(6)1-3-8-4-2-7/h1-4H2. The zero-order chi connectivity index (χ0) is 6.04. The zero-order valence-electron chi connectivity index (χ0n) is 4.46. The van der Waals surface area contributed by atoms with E-state index in [0.29, 0.717) is 11.5 Å². The van der Waals surface area contributed by atoms with Crippen molar-refractivity contribution in [1.82, 2.24) is 0 Å². The quantitative estimate of drug-likeness (QED) is 0.563. The molecule has 0 aromatic heterocycles. The van der Waals surface area contributed by atoms with Gasteiger partial charge in [-0.2, -0.15) is 0 Å². The van der Waals surface area contributed by atoms with Gasteiger partial charge in [-0.05, 0) is 0 Å². The second-order valence-electron chi connectivity index (χ2n) is 1.76. The molecule has 1 rings (SSSR count). The molecule has 0 aromatic carbocycles. The molecule has 1 saturated heterocycles. The Labute approximate surface area is 59.7 Å². The summed E-state index contributed by atoms with van der Waals surface area (Å²) >= 11 is 0.127. The molecule has 0 aliphatic carbocycles. The van der Waals surface area contributed by atoms with Crippen LogP contribution in [0.25, 0.3) is 0 Å². The van der Waals surface area contributed by atoms with Crippen LogP contribution in [0.3, 0.4) is 0 Å². The maximum atomic E-state index is 10.7. The SMILES string of the molecule is O=S1(=O)CC[Te]CC1. The molecule has 48 valence electrons. The van der Waals surface area contributed by atoms with Crippen LogP contribution in [0.5, 0.6) is 0 Å². The first-order chi connectivity index (χ1) is 3.71. The van der Waals surface area contributed by atoms with Gasteiger partial charge < -0.3 is 0 Å². The summed E-state index contributed by atoms with van der Waals surface area (Å²) < 4.78 is 23.4. The van der Waals surface area contributed by atoms with Gasteiger partial charge in [0.25, 0.3) is 0 Å². The number of hydrogen-bond donors (Lipinski definition) is 0. The number of rotatable bonds is 0. The molecule has 0 saturated carbocycles. The van der Waals surface area contributed by atoms with E-state index in [4.69, 9.17) is 0 Å². The molecular formula is C4H8O2STe. The van der Waals surface area contributed by atoms with Crippen LogP contribution in [-0.4, -0.2) is 40.8 Å². The van der Waals surface area contributed by atoms with Gasteiger partial charge in [-0.15, -0.1) is 0 Å². The number of sulfone groups is 1. The van der Waals surface area contributed by atoms with Gasteiger partial charge in [-0.1, -0.05) is 0 Å². The monoisotopic (exact) mass is 250 g/mol. The summed E-state index contributed by atoms with van der Waals surface area (Å²) in [6, 6.07) is 0. The van der Waals surface area contributed by atoms with Crippen LogP contribution in [0.4, 0.5) is 0 Å². The van der Waals surface area contributed by atoms with Crippen LogP contribution in [0.1, 0.15) is 0 Å². The summed E-state index contributed by atoms with van der Waals surface area (Å²) in [7, 11) is -2.55. The second-order valence-corrected chi connectivity index (χ2v) is 7.56. The van der Waals surface area contributed by atoms with E-state index >= 15 is 0 Å². The van der Waals surface area contributed by atoms with E-state index in [1.54, 1.807) is 0 Å². The van der Waals surface area contributed by atoms with E-state index in [0.717, 1.165) is 8.94 Å². The topological polar surface area (TPSA) is 34.1 Å². The summed E-state index contributed by atoms with van der Waals surface area (Å²) in [5, 5.41) is 0. The molecule has 4 heteroatoms. The van der Waals surface area contributed by atoms with Gasteiger partial charge in [0.1, 0.15) is 0 Å². The molecular weight excluding hydrogens is 240 g/mol. The Morgan fingerprint density at radius 3 is 1.88 bits per heavy atom. The van der Waals surface area contributed by atoms with Gasteiger partial charge in [0.15, 0.2) is 0 Å². The second kappa shape index (κ2) is 2.55. The third kappa shape index (κ3) is 1.92. The molecule has 0 spiro atoms. The van der Waals surface area contributed by atoms with E-state index < -0.39 is 9.84 Å². The molecule has 0 radical (unpaired) electrons. The zero-order valence-corrected chi connectivity index (χ0v) is 7.61. The van der Waals surface area contributed by atoms with Gasteiger partial charge in [-0.3, -0.25) is 0 Å². The van der Waals surface area contributed by atoms with Crippen molar-refractivity contribution in [3.05, 3.63) is 0 Å². The third-order valence-corrected chi connectivity index (χ3v) is 7.16. The Kier molecular flexibility index (Phi) is 2.19. The van der Waals surface area contributed by atoms with Gasteiger partial charge in [0, 0.05) is 0 Å². The van der Waals surface area contributed by atoms with Gasteiger partial charge in [0.05, 0.1) is 0 Å². The fourth-order valence-electron chi connectivity index (χ4n) is 0.576. The molecule has 8 heavy (non-hydrogen) atoms. The first kappa shape index (κ1) is 6.85. The molecule has 0 amide bonds. The average Bonchev–Trinajstić information content (AvgIpc) is 1.65. The Bertz CT molecular complexity index is 149. The first-order valence-electron chi connectivity index (χ1n) is 2.49. The van der Waals surface area contributed by atoms with Crippen molar-refractivity contribution in [2.45, 2.75) is 8.94 Å². The molecule has 0 N–H and O–H groups in total. The van der Waals surface area contributed by atoms with Crippen LogP contribution < -0.4 is 0 Å². The van der Waals surface area contributed by atoms with E-state index in [1.807, 2.05) is 0 Å². The van der Waals surface area contributed by atoms with Crippen LogP contribution in [0, 0.1) is 0 Å². The molecule has 0 aromatic rings. The van der Waals surface area contributed by atoms with Gasteiger partial charge >= 0.3 is 59.6 Å². The predicted octanol–water partition coefficient (Wildman–Crippen LogP) is -0.0444. The van der Waals surface area contributed by atoms with E-state index in [-0.39, 0.29) is 20.9 Å². The Balaban J connectivity index is 2.58. The summed E-state index contributed by atoms with van der Waals surface area (Å²) in [6.07, 6.45) is 0. The molecule has 1 heterocycles. The molecule has 1 aliphatic rings. The third-order valence-electron chi connectivity index (χ3n) is 1.08. The van der Waals surface area contributed by atoms with Gasteiger partial charge in [-0.25, -0.2) is 0 Å². The van der Waals surface area contributed by atoms with Crippen LogP contribution in [0.15, 0.2) is 0 Å². The average molecular weight is 248 g/mol. The molecule has 1 fully saturated rings. The summed E-state index contributed by atoms with van der Waals surface area (Å²) in [5.74, 6) is 0.963. The molecule has 2 nitrogen and oxygen atoms in total. The Hall–Kier alpha value is 0.740. The molecule has 0 atom stereocenters. The van der Waals surface area contributed by atoms with Crippen molar-refractivity contribution in [3.8, 4) is 0 Å². The molecule has 0 bridgehead atoms. The van der Waals surface area contributed by atoms with Crippen LogP contribution in [-0.2, 0) is 9.84 Å². The van der Waals surface area contributed by atoms with Crippen molar-refractivity contribution in [2.75, 3.05) is 11.5 Å². The van der Waals surface area contributed by atoms with Crippen molar-refractivity contribution in [3.63, 3.8) is 0 Å².